The highest BCUT2D eigenvalue weighted by Crippen LogP contribution is 2.29. The second-order valence-electron chi connectivity index (χ2n) is 7.42. The Bertz CT molecular complexity index is 612. The van der Waals surface area contributed by atoms with E-state index in [0.29, 0.717) is 25.1 Å². The van der Waals surface area contributed by atoms with E-state index in [1.807, 2.05) is 0 Å². The van der Waals surface area contributed by atoms with Crippen LogP contribution < -0.4 is 5.73 Å². The largest absolute Gasteiger partial charge is 0.444 e. The average Bonchev–Trinajstić information content (AvgIpc) is 2.51. The first-order valence-corrected chi connectivity index (χ1v) is 8.47. The fraction of sp³-hybridized carbons (Fsp3) is 0.611. The second-order valence-corrected chi connectivity index (χ2v) is 7.42. The number of halogens is 3. The van der Waals surface area contributed by atoms with Gasteiger partial charge in [0.2, 0.25) is 0 Å². The number of nitrogens with zero attached hydrogens (tertiary/aromatic N) is 1. The number of rotatable bonds is 3. The summed E-state index contributed by atoms with van der Waals surface area (Å²) in [5.41, 5.74) is 5.47. The minimum Gasteiger partial charge on any atom is -0.444 e. The Morgan fingerprint density at radius 3 is 2.35 bits per heavy atom. The first-order chi connectivity index (χ1) is 12.0. The fourth-order valence-electron chi connectivity index (χ4n) is 2.65. The summed E-state index contributed by atoms with van der Waals surface area (Å²) in [5, 5.41) is 0. The number of benzene rings is 1. The molecule has 1 heterocycles. The van der Waals surface area contributed by atoms with Crippen LogP contribution in [0.2, 0.25) is 0 Å². The third-order valence-electron chi connectivity index (χ3n) is 3.99. The molecule has 0 aliphatic carbocycles. The Hall–Kier alpha value is -1.80. The van der Waals surface area contributed by atoms with Crippen molar-refractivity contribution in [2.45, 2.75) is 57.7 Å². The predicted molar refractivity (Wildman–Crippen MR) is 90.4 cm³/mol. The number of hydrogen-bond donors (Lipinski definition) is 1. The molecule has 1 fully saturated rings. The van der Waals surface area contributed by atoms with E-state index in [0.717, 1.165) is 12.1 Å². The molecule has 1 aromatic carbocycles. The molecule has 8 heteroatoms. The van der Waals surface area contributed by atoms with E-state index in [-0.39, 0.29) is 18.8 Å². The van der Waals surface area contributed by atoms with E-state index < -0.39 is 23.4 Å². The van der Waals surface area contributed by atoms with Gasteiger partial charge in [0.25, 0.3) is 0 Å². The van der Waals surface area contributed by atoms with Gasteiger partial charge in [0.15, 0.2) is 0 Å². The summed E-state index contributed by atoms with van der Waals surface area (Å²) in [4.78, 5) is 13.6. The van der Waals surface area contributed by atoms with Crippen LogP contribution in [-0.4, -0.2) is 41.8 Å². The topological polar surface area (TPSA) is 64.8 Å². The summed E-state index contributed by atoms with van der Waals surface area (Å²) in [7, 11) is 0. The van der Waals surface area contributed by atoms with Gasteiger partial charge in [0.1, 0.15) is 5.60 Å². The number of ether oxygens (including phenoxy) is 2. The minimum absolute atomic E-state index is 0.170. The minimum atomic E-state index is -4.35. The molecule has 0 aromatic heterocycles. The molecule has 1 aliphatic heterocycles. The van der Waals surface area contributed by atoms with E-state index in [2.05, 4.69) is 0 Å². The van der Waals surface area contributed by atoms with Gasteiger partial charge in [0.05, 0.1) is 18.3 Å². The summed E-state index contributed by atoms with van der Waals surface area (Å²) in [6, 6.07) is 4.47. The van der Waals surface area contributed by atoms with E-state index in [1.165, 1.54) is 12.1 Å². The number of piperidine rings is 1. The third kappa shape index (κ3) is 5.88. The van der Waals surface area contributed by atoms with Crippen molar-refractivity contribution in [2.24, 2.45) is 5.73 Å². The van der Waals surface area contributed by atoms with Gasteiger partial charge in [0, 0.05) is 19.1 Å². The molecule has 5 nitrogen and oxygen atoms in total. The van der Waals surface area contributed by atoms with Crippen LogP contribution in [0.3, 0.4) is 0 Å². The molecule has 1 amide bonds. The van der Waals surface area contributed by atoms with Crippen molar-refractivity contribution in [3.8, 4) is 0 Å². The third-order valence-corrected chi connectivity index (χ3v) is 3.99. The maximum Gasteiger partial charge on any atom is 0.416 e. The summed E-state index contributed by atoms with van der Waals surface area (Å²) in [5.74, 6) is 0. The van der Waals surface area contributed by atoms with Crippen molar-refractivity contribution in [1.29, 1.82) is 0 Å². The lowest BCUT2D eigenvalue weighted by molar-refractivity contribution is -0.137. The molecule has 1 aromatic rings. The van der Waals surface area contributed by atoms with Crippen molar-refractivity contribution < 1.29 is 27.4 Å². The molecule has 146 valence electrons. The van der Waals surface area contributed by atoms with Gasteiger partial charge in [-0.1, -0.05) is 12.1 Å². The molecule has 2 rings (SSSR count). The molecule has 0 radical (unpaired) electrons. The van der Waals surface area contributed by atoms with Crippen molar-refractivity contribution in [3.05, 3.63) is 35.4 Å². The fourth-order valence-corrected chi connectivity index (χ4v) is 2.65. The number of carbonyl (C=O) groups is 1. The number of likely N-dealkylation sites (tertiary alicyclic amines) is 1. The number of amides is 1. The normalized spacial score (nSPS) is 21.6. The molecule has 2 atom stereocenters. The zero-order valence-corrected chi connectivity index (χ0v) is 15.2. The Balaban J connectivity index is 1.84. The van der Waals surface area contributed by atoms with Crippen LogP contribution in [0.5, 0.6) is 0 Å². The molecule has 2 unspecified atom stereocenters. The number of carbonyl (C=O) groups excluding carboxylic acids is 1. The van der Waals surface area contributed by atoms with Gasteiger partial charge in [-0.3, -0.25) is 0 Å². The quantitative estimate of drug-likeness (QED) is 0.879. The second kappa shape index (κ2) is 7.84. The zero-order chi connectivity index (χ0) is 19.5. The standard InChI is InChI=1S/C18H25F3N2O3/c1-17(2,3)26-16(24)23-9-8-15(14(22)10-23)25-11-12-4-6-13(7-5-12)18(19,20)21/h4-7,14-15H,8-11,22H2,1-3H3. The van der Waals surface area contributed by atoms with Crippen LogP contribution in [0.4, 0.5) is 18.0 Å². The zero-order valence-electron chi connectivity index (χ0n) is 15.2. The maximum atomic E-state index is 12.6. The van der Waals surface area contributed by atoms with Crippen LogP contribution >= 0.6 is 0 Å². The number of alkyl halides is 3. The highest BCUT2D eigenvalue weighted by atomic mass is 19.4. The lowest BCUT2D eigenvalue weighted by Crippen LogP contribution is -2.54. The lowest BCUT2D eigenvalue weighted by Gasteiger charge is -2.37. The van der Waals surface area contributed by atoms with E-state index in [1.54, 1.807) is 25.7 Å². The monoisotopic (exact) mass is 374 g/mol. The number of hydrogen-bond acceptors (Lipinski definition) is 4. The van der Waals surface area contributed by atoms with Gasteiger partial charge in [-0.25, -0.2) is 4.79 Å². The number of nitrogens with two attached hydrogens (primary N) is 1. The predicted octanol–water partition coefficient (Wildman–Crippen LogP) is 3.56. The van der Waals surface area contributed by atoms with Crippen LogP contribution in [-0.2, 0) is 22.3 Å². The van der Waals surface area contributed by atoms with Crippen LogP contribution in [0.1, 0.15) is 38.3 Å². The SMILES string of the molecule is CC(C)(C)OC(=O)N1CCC(OCc2ccc(C(F)(F)F)cc2)C(N)C1. The summed E-state index contributed by atoms with van der Waals surface area (Å²) < 4.78 is 48.8. The van der Waals surface area contributed by atoms with Gasteiger partial charge < -0.3 is 20.1 Å². The molecular formula is C18H25F3N2O3. The molecule has 0 bridgehead atoms. The van der Waals surface area contributed by atoms with Crippen molar-refractivity contribution >= 4 is 6.09 Å². The average molecular weight is 374 g/mol. The van der Waals surface area contributed by atoms with Crippen molar-refractivity contribution in [2.75, 3.05) is 13.1 Å². The first kappa shape index (κ1) is 20.5. The Morgan fingerprint density at radius 2 is 1.85 bits per heavy atom. The highest BCUT2D eigenvalue weighted by Gasteiger charge is 2.32. The van der Waals surface area contributed by atoms with Gasteiger partial charge >= 0.3 is 12.3 Å². The van der Waals surface area contributed by atoms with E-state index in [4.69, 9.17) is 15.2 Å². The first-order valence-electron chi connectivity index (χ1n) is 8.47. The van der Waals surface area contributed by atoms with Gasteiger partial charge in [-0.15, -0.1) is 0 Å². The maximum absolute atomic E-state index is 12.6. The Labute approximate surface area is 151 Å². The van der Waals surface area contributed by atoms with Crippen LogP contribution in [0, 0.1) is 0 Å². The molecule has 1 aliphatic rings. The molecule has 2 N–H and O–H groups in total. The summed E-state index contributed by atoms with van der Waals surface area (Å²) in [6.07, 6.45) is -4.48. The molecule has 1 saturated heterocycles. The van der Waals surface area contributed by atoms with Gasteiger partial charge in [-0.05, 0) is 44.9 Å². The van der Waals surface area contributed by atoms with E-state index in [9.17, 15) is 18.0 Å². The summed E-state index contributed by atoms with van der Waals surface area (Å²) >= 11 is 0. The summed E-state index contributed by atoms with van der Waals surface area (Å²) in [6.45, 7) is 6.33. The molecule has 26 heavy (non-hydrogen) atoms. The van der Waals surface area contributed by atoms with Crippen LogP contribution in [0.25, 0.3) is 0 Å². The highest BCUT2D eigenvalue weighted by molar-refractivity contribution is 5.68. The van der Waals surface area contributed by atoms with Crippen molar-refractivity contribution in [3.63, 3.8) is 0 Å². The smallest absolute Gasteiger partial charge is 0.416 e. The van der Waals surface area contributed by atoms with Crippen LogP contribution in [0.15, 0.2) is 24.3 Å². The Kier molecular flexibility index (Phi) is 6.18. The Morgan fingerprint density at radius 1 is 1.23 bits per heavy atom. The molecule has 0 saturated carbocycles. The molecular weight excluding hydrogens is 349 g/mol. The van der Waals surface area contributed by atoms with Gasteiger partial charge in [-0.2, -0.15) is 13.2 Å². The molecule has 0 spiro atoms. The van der Waals surface area contributed by atoms with Crippen molar-refractivity contribution in [1.82, 2.24) is 4.90 Å². The van der Waals surface area contributed by atoms with E-state index >= 15 is 0 Å². The lowest BCUT2D eigenvalue weighted by atomic mass is 10.0.